The lowest BCUT2D eigenvalue weighted by molar-refractivity contribution is 0.101. The molecule has 0 aliphatic carbocycles. The molecular weight excluding hydrogens is 412 g/mol. The number of aromatic nitrogens is 4. The number of rotatable bonds is 8. The fourth-order valence-electron chi connectivity index (χ4n) is 3.09. The average Bonchev–Trinajstić information content (AvgIpc) is 3.27. The molecule has 0 unspecified atom stereocenters. The van der Waals surface area contributed by atoms with Gasteiger partial charge in [-0.3, -0.25) is 14.3 Å². The molecule has 0 radical (unpaired) electrons. The molecule has 7 nitrogen and oxygen atoms in total. The van der Waals surface area contributed by atoms with Gasteiger partial charge in [-0.05, 0) is 36.4 Å². The Morgan fingerprint density at radius 1 is 1.00 bits per heavy atom. The van der Waals surface area contributed by atoms with Crippen LogP contribution < -0.4 is 9.47 Å². The van der Waals surface area contributed by atoms with Crippen LogP contribution in [0.1, 0.15) is 10.4 Å². The minimum Gasteiger partial charge on any atom is -0.497 e. The van der Waals surface area contributed by atoms with Gasteiger partial charge in [0, 0.05) is 29.7 Å². The Morgan fingerprint density at radius 2 is 1.84 bits per heavy atom. The monoisotopic (exact) mass is 432 g/mol. The number of benzene rings is 2. The van der Waals surface area contributed by atoms with Gasteiger partial charge in [0.25, 0.3) is 0 Å². The van der Waals surface area contributed by atoms with E-state index in [0.717, 1.165) is 11.3 Å². The SMILES string of the molecule is COc1ccc(C(=O)CSc2nnc(-c3cccnc3)n2-c2ccccc2)c(OC)c1. The summed E-state index contributed by atoms with van der Waals surface area (Å²) in [6.45, 7) is 0. The van der Waals surface area contributed by atoms with E-state index >= 15 is 0 Å². The average molecular weight is 433 g/mol. The first-order valence-electron chi connectivity index (χ1n) is 9.50. The molecule has 4 rings (SSSR count). The van der Waals surface area contributed by atoms with Crippen LogP contribution in [0.2, 0.25) is 0 Å². The van der Waals surface area contributed by atoms with Gasteiger partial charge in [0.2, 0.25) is 0 Å². The normalized spacial score (nSPS) is 10.6. The first-order valence-corrected chi connectivity index (χ1v) is 10.5. The number of para-hydroxylation sites is 1. The van der Waals surface area contributed by atoms with Gasteiger partial charge in [-0.2, -0.15) is 0 Å². The maximum atomic E-state index is 12.9. The molecule has 0 amide bonds. The third kappa shape index (κ3) is 4.44. The second-order valence-corrected chi connectivity index (χ2v) is 7.44. The van der Waals surface area contributed by atoms with Gasteiger partial charge in [-0.15, -0.1) is 10.2 Å². The minimum absolute atomic E-state index is 0.0740. The predicted octanol–water partition coefficient (Wildman–Crippen LogP) is 4.32. The zero-order valence-electron chi connectivity index (χ0n) is 17.1. The number of carbonyl (C=O) groups is 1. The van der Waals surface area contributed by atoms with E-state index in [4.69, 9.17) is 9.47 Å². The molecule has 0 saturated carbocycles. The number of Topliss-reactive ketones (excluding diaryl/α,β-unsaturated/α-hetero) is 1. The Bertz CT molecular complexity index is 1180. The molecule has 2 aromatic heterocycles. The quantitative estimate of drug-likeness (QED) is 0.303. The molecule has 0 bridgehead atoms. The summed E-state index contributed by atoms with van der Waals surface area (Å²) in [4.78, 5) is 17.1. The van der Waals surface area contributed by atoms with Crippen molar-refractivity contribution in [2.45, 2.75) is 5.16 Å². The summed E-state index contributed by atoms with van der Waals surface area (Å²) in [5.41, 5.74) is 2.24. The van der Waals surface area contributed by atoms with Crippen LogP contribution in [-0.2, 0) is 0 Å². The van der Waals surface area contributed by atoms with Crippen molar-refractivity contribution in [3.63, 3.8) is 0 Å². The fourth-order valence-corrected chi connectivity index (χ4v) is 3.93. The molecule has 2 aromatic carbocycles. The third-order valence-electron chi connectivity index (χ3n) is 4.61. The van der Waals surface area contributed by atoms with Crippen molar-refractivity contribution in [1.29, 1.82) is 0 Å². The third-order valence-corrected chi connectivity index (χ3v) is 5.54. The van der Waals surface area contributed by atoms with Crippen LogP contribution in [0.4, 0.5) is 0 Å². The summed E-state index contributed by atoms with van der Waals surface area (Å²) in [6.07, 6.45) is 3.45. The maximum absolute atomic E-state index is 12.9. The molecule has 2 heterocycles. The number of carbonyl (C=O) groups excluding carboxylic acids is 1. The van der Waals surface area contributed by atoms with Gasteiger partial charge in [-0.25, -0.2) is 0 Å². The van der Waals surface area contributed by atoms with Gasteiger partial charge in [0.15, 0.2) is 16.8 Å². The molecule has 4 aromatic rings. The van der Waals surface area contributed by atoms with Gasteiger partial charge in [0.1, 0.15) is 11.5 Å². The van der Waals surface area contributed by atoms with Crippen molar-refractivity contribution in [2.24, 2.45) is 0 Å². The smallest absolute Gasteiger partial charge is 0.196 e. The van der Waals surface area contributed by atoms with E-state index in [1.165, 1.54) is 18.9 Å². The Kier molecular flexibility index (Phi) is 6.28. The standard InChI is InChI=1S/C23H20N4O3S/c1-29-18-10-11-19(21(13-18)30-2)20(28)15-31-23-26-25-22(16-7-6-12-24-14-16)27(23)17-8-4-3-5-9-17/h3-14H,15H2,1-2H3. The van der Waals surface area contributed by atoms with Crippen LogP contribution in [0.25, 0.3) is 17.1 Å². The van der Waals surface area contributed by atoms with Crippen molar-refractivity contribution < 1.29 is 14.3 Å². The van der Waals surface area contributed by atoms with Crippen LogP contribution in [0.5, 0.6) is 11.5 Å². The molecule has 0 fully saturated rings. The molecule has 0 aliphatic heterocycles. The molecule has 0 spiro atoms. The zero-order chi connectivity index (χ0) is 21.6. The van der Waals surface area contributed by atoms with E-state index in [2.05, 4.69) is 15.2 Å². The molecular formula is C23H20N4O3S. The van der Waals surface area contributed by atoms with E-state index in [0.29, 0.717) is 28.0 Å². The van der Waals surface area contributed by atoms with Crippen molar-refractivity contribution in [3.05, 3.63) is 78.6 Å². The topological polar surface area (TPSA) is 79.1 Å². The highest BCUT2D eigenvalue weighted by Gasteiger charge is 2.19. The van der Waals surface area contributed by atoms with Gasteiger partial charge >= 0.3 is 0 Å². The number of pyridine rings is 1. The Morgan fingerprint density at radius 3 is 2.55 bits per heavy atom. The number of thioether (sulfide) groups is 1. The molecule has 156 valence electrons. The predicted molar refractivity (Wildman–Crippen MR) is 119 cm³/mol. The van der Waals surface area contributed by atoms with E-state index in [1.807, 2.05) is 47.0 Å². The maximum Gasteiger partial charge on any atom is 0.196 e. The van der Waals surface area contributed by atoms with Crippen LogP contribution in [0.15, 0.2) is 78.2 Å². The van der Waals surface area contributed by atoms with E-state index in [9.17, 15) is 4.79 Å². The number of nitrogens with zero attached hydrogens (tertiary/aromatic N) is 4. The van der Waals surface area contributed by atoms with E-state index < -0.39 is 0 Å². The van der Waals surface area contributed by atoms with Crippen molar-refractivity contribution >= 4 is 17.5 Å². The fraction of sp³-hybridized carbons (Fsp3) is 0.130. The molecule has 0 N–H and O–H groups in total. The molecule has 31 heavy (non-hydrogen) atoms. The highest BCUT2D eigenvalue weighted by atomic mass is 32.2. The summed E-state index contributed by atoms with van der Waals surface area (Å²) in [7, 11) is 3.10. The summed E-state index contributed by atoms with van der Waals surface area (Å²) >= 11 is 1.32. The molecule has 0 atom stereocenters. The van der Waals surface area contributed by atoms with Gasteiger partial charge in [-0.1, -0.05) is 30.0 Å². The summed E-state index contributed by atoms with van der Waals surface area (Å²) < 4.78 is 12.5. The number of hydrogen-bond donors (Lipinski definition) is 0. The Labute approximate surface area is 184 Å². The summed E-state index contributed by atoms with van der Waals surface area (Å²) in [5.74, 6) is 1.88. The number of hydrogen-bond acceptors (Lipinski definition) is 7. The van der Waals surface area contributed by atoms with E-state index in [1.54, 1.807) is 37.7 Å². The zero-order valence-corrected chi connectivity index (χ0v) is 17.9. The molecule has 8 heteroatoms. The van der Waals surface area contributed by atoms with Crippen LogP contribution in [0.3, 0.4) is 0 Å². The highest BCUT2D eigenvalue weighted by Crippen LogP contribution is 2.30. The lowest BCUT2D eigenvalue weighted by Gasteiger charge is -2.11. The minimum atomic E-state index is -0.0740. The number of ketones is 1. The van der Waals surface area contributed by atoms with Crippen LogP contribution in [0, 0.1) is 0 Å². The molecule has 0 aliphatic rings. The summed E-state index contributed by atoms with van der Waals surface area (Å²) in [5, 5.41) is 9.34. The van der Waals surface area contributed by atoms with Crippen LogP contribution in [-0.4, -0.2) is 45.5 Å². The Balaban J connectivity index is 1.64. The lowest BCUT2D eigenvalue weighted by atomic mass is 10.1. The second-order valence-electron chi connectivity index (χ2n) is 6.50. The van der Waals surface area contributed by atoms with Crippen LogP contribution >= 0.6 is 11.8 Å². The first-order chi connectivity index (χ1) is 15.2. The number of ether oxygens (including phenoxy) is 2. The Hall–Kier alpha value is -3.65. The molecule has 0 saturated heterocycles. The highest BCUT2D eigenvalue weighted by molar-refractivity contribution is 7.99. The van der Waals surface area contributed by atoms with Crippen molar-refractivity contribution in [1.82, 2.24) is 19.7 Å². The van der Waals surface area contributed by atoms with Gasteiger partial charge in [0.05, 0.1) is 25.5 Å². The van der Waals surface area contributed by atoms with Crippen molar-refractivity contribution in [3.8, 4) is 28.6 Å². The second kappa shape index (κ2) is 9.44. The van der Waals surface area contributed by atoms with Gasteiger partial charge < -0.3 is 9.47 Å². The lowest BCUT2D eigenvalue weighted by Crippen LogP contribution is -2.07. The van der Waals surface area contributed by atoms with Crippen molar-refractivity contribution in [2.75, 3.05) is 20.0 Å². The first kappa shape index (κ1) is 20.6. The summed E-state index contributed by atoms with van der Waals surface area (Å²) in [6, 6.07) is 18.7. The van der Waals surface area contributed by atoms with E-state index in [-0.39, 0.29) is 11.5 Å². The number of methoxy groups -OCH3 is 2. The largest absolute Gasteiger partial charge is 0.497 e.